The van der Waals surface area contributed by atoms with Gasteiger partial charge in [-0.1, -0.05) is 0 Å². The maximum absolute atomic E-state index is 13.2. The number of halogens is 7. The molecule has 1 aromatic heterocycles. The quantitative estimate of drug-likeness (QED) is 0.713. The molecule has 0 fully saturated rings. The minimum atomic E-state index is -6.18. The summed E-state index contributed by atoms with van der Waals surface area (Å²) in [5, 5.41) is 0. The van der Waals surface area contributed by atoms with E-state index in [0.29, 0.717) is 6.20 Å². The molecule has 0 saturated carbocycles. The molecule has 0 aromatic carbocycles. The number of aromatic nitrogens is 2. The average molecular weight is 247 g/mol. The molecule has 0 N–H and O–H groups in total. The van der Waals surface area contributed by atoms with E-state index in [4.69, 9.17) is 0 Å². The highest BCUT2D eigenvalue weighted by Gasteiger charge is 2.74. The number of nitrogens with zero attached hydrogens (tertiary/aromatic N) is 2. The second kappa shape index (κ2) is 3.56. The van der Waals surface area contributed by atoms with Gasteiger partial charge in [0.25, 0.3) is 0 Å². The molecule has 89 valence electrons. The van der Waals surface area contributed by atoms with Gasteiger partial charge < -0.3 is 0 Å². The Kier molecular flexibility index (Phi) is 2.82. The van der Waals surface area contributed by atoms with E-state index in [9.17, 15) is 30.7 Å². The van der Waals surface area contributed by atoms with Crippen LogP contribution in [0.15, 0.2) is 12.4 Å². The number of alkyl halides is 7. The van der Waals surface area contributed by atoms with Crippen molar-refractivity contribution < 1.29 is 30.7 Å². The van der Waals surface area contributed by atoms with Crippen molar-refractivity contribution in [3.05, 3.63) is 24.3 Å². The van der Waals surface area contributed by atoms with Crippen molar-refractivity contribution in [3.8, 4) is 0 Å². The van der Waals surface area contributed by atoms with Gasteiger partial charge in [-0.05, 0) is 0 Å². The summed E-state index contributed by atoms with van der Waals surface area (Å²) < 4.78 is 85.8. The van der Waals surface area contributed by atoms with Crippen molar-refractivity contribution in [2.24, 2.45) is 0 Å². The van der Waals surface area contributed by atoms with Crippen LogP contribution in [0.4, 0.5) is 30.7 Å². The first-order chi connectivity index (χ1) is 7.11. The van der Waals surface area contributed by atoms with Crippen molar-refractivity contribution >= 4 is 0 Å². The van der Waals surface area contributed by atoms with Crippen LogP contribution in [0, 0.1) is 6.20 Å². The van der Waals surface area contributed by atoms with Gasteiger partial charge in [-0.15, -0.1) is 0 Å². The third-order valence-electron chi connectivity index (χ3n) is 1.62. The number of hydrogen-bond donors (Lipinski definition) is 0. The van der Waals surface area contributed by atoms with Gasteiger partial charge in [0.1, 0.15) is 11.9 Å². The Hall–Kier alpha value is -1.41. The van der Waals surface area contributed by atoms with E-state index < -0.39 is 23.7 Å². The van der Waals surface area contributed by atoms with Crippen LogP contribution in [0.5, 0.6) is 0 Å². The maximum atomic E-state index is 13.2. The van der Waals surface area contributed by atoms with Gasteiger partial charge in [-0.3, -0.25) is 9.97 Å². The standard InChI is InChI=1S/C7H2F7N2/c8-5(6(9,10)11,7(12,13)14)4-3-15-1-2-16-4/h1-2H. The van der Waals surface area contributed by atoms with Gasteiger partial charge in [0.15, 0.2) is 0 Å². The molecule has 0 bridgehead atoms. The van der Waals surface area contributed by atoms with Crippen LogP contribution in [0.2, 0.25) is 0 Å². The van der Waals surface area contributed by atoms with Crippen molar-refractivity contribution in [1.82, 2.24) is 9.97 Å². The molecule has 16 heavy (non-hydrogen) atoms. The molecule has 0 saturated heterocycles. The van der Waals surface area contributed by atoms with Crippen molar-refractivity contribution in [2.75, 3.05) is 0 Å². The highest BCUT2D eigenvalue weighted by molar-refractivity contribution is 5.14. The third kappa shape index (κ3) is 1.81. The first kappa shape index (κ1) is 12.7. The third-order valence-corrected chi connectivity index (χ3v) is 1.62. The smallest absolute Gasteiger partial charge is 0.253 e. The summed E-state index contributed by atoms with van der Waals surface area (Å²) in [5.74, 6) is 0. The van der Waals surface area contributed by atoms with E-state index in [0.717, 1.165) is 6.20 Å². The van der Waals surface area contributed by atoms with Crippen LogP contribution in [0.1, 0.15) is 5.69 Å². The Bertz CT molecular complexity index is 341. The van der Waals surface area contributed by atoms with E-state index in [-0.39, 0.29) is 0 Å². The van der Waals surface area contributed by atoms with E-state index in [1.807, 2.05) is 0 Å². The molecule has 0 aliphatic heterocycles. The summed E-state index contributed by atoms with van der Waals surface area (Å²) in [7, 11) is 0. The van der Waals surface area contributed by atoms with Gasteiger partial charge in [0, 0.05) is 12.4 Å². The van der Waals surface area contributed by atoms with E-state index in [1.54, 1.807) is 0 Å². The van der Waals surface area contributed by atoms with Crippen molar-refractivity contribution in [2.45, 2.75) is 18.0 Å². The van der Waals surface area contributed by atoms with Crippen molar-refractivity contribution in [1.29, 1.82) is 0 Å². The van der Waals surface area contributed by atoms with Crippen LogP contribution >= 0.6 is 0 Å². The fraction of sp³-hybridized carbons (Fsp3) is 0.429. The molecular formula is C7H2F7N2. The highest BCUT2D eigenvalue weighted by atomic mass is 19.4. The predicted molar refractivity (Wildman–Crippen MR) is 35.8 cm³/mol. The van der Waals surface area contributed by atoms with Gasteiger partial charge in [-0.25, -0.2) is 4.39 Å². The molecule has 0 aliphatic carbocycles. The fourth-order valence-electron chi connectivity index (χ4n) is 0.864. The SMILES string of the molecule is FC(F)(F)C(F)(c1[c]nccn1)C(F)(F)F. The second-order valence-electron chi connectivity index (χ2n) is 2.67. The lowest BCUT2D eigenvalue weighted by atomic mass is 10.0. The normalized spacial score (nSPS) is 13.9. The van der Waals surface area contributed by atoms with Crippen LogP contribution in [0.3, 0.4) is 0 Å². The van der Waals surface area contributed by atoms with Gasteiger partial charge in [-0.2, -0.15) is 26.3 Å². The molecule has 0 aliphatic rings. The largest absolute Gasteiger partial charge is 0.437 e. The topological polar surface area (TPSA) is 25.8 Å². The zero-order valence-corrected chi connectivity index (χ0v) is 7.19. The molecule has 2 nitrogen and oxygen atoms in total. The Morgan fingerprint density at radius 1 is 0.875 bits per heavy atom. The molecule has 0 unspecified atom stereocenters. The summed E-state index contributed by atoms with van der Waals surface area (Å²) in [6, 6.07) is 0. The van der Waals surface area contributed by atoms with Crippen LogP contribution in [-0.2, 0) is 5.67 Å². The van der Waals surface area contributed by atoms with Gasteiger partial charge >= 0.3 is 18.0 Å². The monoisotopic (exact) mass is 247 g/mol. The summed E-state index contributed by atoms with van der Waals surface area (Å²) in [5.41, 5.74) is -7.52. The number of rotatable bonds is 1. The fourth-order valence-corrected chi connectivity index (χ4v) is 0.864. The first-order valence-corrected chi connectivity index (χ1v) is 3.62. The summed E-state index contributed by atoms with van der Waals surface area (Å²) in [6.45, 7) is 0. The van der Waals surface area contributed by atoms with E-state index >= 15 is 0 Å². The summed E-state index contributed by atoms with van der Waals surface area (Å²) in [6.07, 6.45) is -9.83. The molecule has 9 heteroatoms. The molecule has 1 radical (unpaired) electrons. The van der Waals surface area contributed by atoms with E-state index in [2.05, 4.69) is 9.97 Å². The van der Waals surface area contributed by atoms with E-state index in [1.165, 1.54) is 6.20 Å². The lowest BCUT2D eigenvalue weighted by Crippen LogP contribution is -2.51. The predicted octanol–water partition coefficient (Wildman–Crippen LogP) is 2.57. The van der Waals surface area contributed by atoms with Gasteiger partial charge in [0.2, 0.25) is 0 Å². The Morgan fingerprint density at radius 3 is 1.69 bits per heavy atom. The lowest BCUT2D eigenvalue weighted by Gasteiger charge is -2.28. The number of hydrogen-bond acceptors (Lipinski definition) is 2. The molecule has 0 spiro atoms. The summed E-state index contributed by atoms with van der Waals surface area (Å²) in [4.78, 5) is 5.50. The second-order valence-corrected chi connectivity index (χ2v) is 2.67. The van der Waals surface area contributed by atoms with Gasteiger partial charge in [0.05, 0.1) is 0 Å². The Labute approximate surface area is 84.1 Å². The Morgan fingerprint density at radius 2 is 1.38 bits per heavy atom. The van der Waals surface area contributed by atoms with Crippen molar-refractivity contribution in [3.63, 3.8) is 0 Å². The first-order valence-electron chi connectivity index (χ1n) is 3.62. The molecule has 0 atom stereocenters. The molecule has 1 rings (SSSR count). The van der Waals surface area contributed by atoms with Crippen LogP contribution < -0.4 is 0 Å². The zero-order chi connectivity index (χ0) is 12.6. The minimum Gasteiger partial charge on any atom is -0.253 e. The Balaban J connectivity index is 3.39. The lowest BCUT2D eigenvalue weighted by molar-refractivity contribution is -0.350. The van der Waals surface area contributed by atoms with Crippen LogP contribution in [0.25, 0.3) is 0 Å². The molecule has 0 amide bonds. The summed E-state index contributed by atoms with van der Waals surface area (Å²) >= 11 is 0. The zero-order valence-electron chi connectivity index (χ0n) is 7.19. The molecule has 1 heterocycles. The molecule has 1 aromatic rings. The highest BCUT2D eigenvalue weighted by Crippen LogP contribution is 2.52. The maximum Gasteiger partial charge on any atom is 0.437 e. The minimum absolute atomic E-state index is 0.512. The molecular weight excluding hydrogens is 245 g/mol. The average Bonchev–Trinajstić information content (AvgIpc) is 2.14. The van der Waals surface area contributed by atoms with Crippen LogP contribution in [-0.4, -0.2) is 22.3 Å².